The van der Waals surface area contributed by atoms with E-state index in [4.69, 9.17) is 0 Å². The molecule has 2 aromatic carbocycles. The molecule has 1 atom stereocenters. The summed E-state index contributed by atoms with van der Waals surface area (Å²) in [7, 11) is 0. The van der Waals surface area contributed by atoms with Crippen molar-refractivity contribution in [3.63, 3.8) is 0 Å². The highest BCUT2D eigenvalue weighted by Gasteiger charge is 2.51. The number of aromatic nitrogens is 1. The Bertz CT molecular complexity index is 972. The molecule has 24 heavy (non-hydrogen) atoms. The van der Waals surface area contributed by atoms with Crippen molar-refractivity contribution in [1.29, 1.82) is 0 Å². The molecule has 4 nitrogen and oxygen atoms in total. The Morgan fingerprint density at radius 1 is 1.17 bits per heavy atom. The third-order valence-electron chi connectivity index (χ3n) is 4.55. The van der Waals surface area contributed by atoms with Crippen molar-refractivity contribution in [3.8, 4) is 0 Å². The predicted molar refractivity (Wildman–Crippen MR) is 94.9 cm³/mol. The number of para-hydroxylation sites is 2. The second kappa shape index (κ2) is 5.08. The number of nitrogens with one attached hydrogen (secondary N) is 1. The number of anilines is 1. The lowest BCUT2D eigenvalue weighted by Gasteiger charge is -2.23. The van der Waals surface area contributed by atoms with Gasteiger partial charge in [-0.05, 0) is 19.1 Å². The van der Waals surface area contributed by atoms with Crippen LogP contribution in [0.5, 0.6) is 0 Å². The SMILES string of the molecule is C=C(C)CN1C(=O)[C@](O)(c2c[nH]c3ccccc23)c2ccccc21. The number of aromatic amines is 1. The van der Waals surface area contributed by atoms with Crippen molar-refractivity contribution in [3.05, 3.63) is 78.0 Å². The van der Waals surface area contributed by atoms with E-state index in [1.807, 2.05) is 55.5 Å². The molecule has 0 saturated carbocycles. The molecule has 0 fully saturated rings. The summed E-state index contributed by atoms with van der Waals surface area (Å²) in [6, 6.07) is 15.1. The number of carbonyl (C=O) groups is 1. The molecule has 4 heteroatoms. The maximum Gasteiger partial charge on any atom is 0.268 e. The van der Waals surface area contributed by atoms with Crippen molar-refractivity contribution in [2.45, 2.75) is 12.5 Å². The van der Waals surface area contributed by atoms with Crippen molar-refractivity contribution in [1.82, 2.24) is 4.98 Å². The van der Waals surface area contributed by atoms with Crippen molar-refractivity contribution >= 4 is 22.5 Å². The molecule has 1 aromatic heterocycles. The van der Waals surface area contributed by atoms with Crippen LogP contribution in [0.3, 0.4) is 0 Å². The summed E-state index contributed by atoms with van der Waals surface area (Å²) in [5, 5.41) is 12.4. The third-order valence-corrected chi connectivity index (χ3v) is 4.55. The Kier molecular flexibility index (Phi) is 3.11. The van der Waals surface area contributed by atoms with Gasteiger partial charge in [0.15, 0.2) is 5.60 Å². The van der Waals surface area contributed by atoms with E-state index < -0.39 is 5.60 Å². The first-order valence-corrected chi connectivity index (χ1v) is 7.88. The molecule has 0 radical (unpaired) electrons. The van der Waals surface area contributed by atoms with E-state index in [9.17, 15) is 9.90 Å². The highest BCUT2D eigenvalue weighted by atomic mass is 16.3. The number of hydrogen-bond donors (Lipinski definition) is 2. The fourth-order valence-electron chi connectivity index (χ4n) is 3.49. The third kappa shape index (κ3) is 1.87. The smallest absolute Gasteiger partial charge is 0.268 e. The fourth-order valence-corrected chi connectivity index (χ4v) is 3.49. The quantitative estimate of drug-likeness (QED) is 0.728. The van der Waals surface area contributed by atoms with Crippen LogP contribution in [0.1, 0.15) is 18.1 Å². The lowest BCUT2D eigenvalue weighted by Crippen LogP contribution is -2.41. The van der Waals surface area contributed by atoms with Crippen molar-refractivity contribution < 1.29 is 9.90 Å². The van der Waals surface area contributed by atoms with Gasteiger partial charge in [0, 0.05) is 34.8 Å². The van der Waals surface area contributed by atoms with Crippen molar-refractivity contribution in [2.75, 3.05) is 11.4 Å². The molecule has 1 amide bonds. The van der Waals surface area contributed by atoms with E-state index in [0.29, 0.717) is 17.7 Å². The lowest BCUT2D eigenvalue weighted by atomic mass is 9.87. The molecule has 1 aliphatic heterocycles. The normalized spacial score (nSPS) is 19.8. The van der Waals surface area contributed by atoms with Crippen LogP contribution in [-0.4, -0.2) is 22.5 Å². The largest absolute Gasteiger partial charge is 0.372 e. The Morgan fingerprint density at radius 3 is 2.67 bits per heavy atom. The minimum Gasteiger partial charge on any atom is -0.372 e. The molecule has 4 rings (SSSR count). The number of H-pyrrole nitrogens is 1. The topological polar surface area (TPSA) is 56.3 Å². The second-order valence-electron chi connectivity index (χ2n) is 6.32. The first kappa shape index (κ1) is 14.7. The summed E-state index contributed by atoms with van der Waals surface area (Å²) in [5.74, 6) is -0.337. The number of aliphatic hydroxyl groups is 1. The second-order valence-corrected chi connectivity index (χ2v) is 6.32. The van der Waals surface area contributed by atoms with E-state index >= 15 is 0 Å². The maximum atomic E-state index is 13.2. The monoisotopic (exact) mass is 318 g/mol. The van der Waals surface area contributed by atoms with Crippen LogP contribution in [0, 0.1) is 0 Å². The van der Waals surface area contributed by atoms with Gasteiger partial charge in [-0.25, -0.2) is 0 Å². The highest BCUT2D eigenvalue weighted by Crippen LogP contribution is 2.46. The molecule has 1 aliphatic rings. The Balaban J connectivity index is 1.97. The van der Waals surface area contributed by atoms with E-state index in [1.54, 1.807) is 11.1 Å². The number of carbonyl (C=O) groups excluding carboxylic acids is 1. The van der Waals surface area contributed by atoms with Crippen molar-refractivity contribution in [2.24, 2.45) is 0 Å². The van der Waals surface area contributed by atoms with Crippen LogP contribution in [-0.2, 0) is 10.4 Å². The Labute approximate surface area is 140 Å². The van der Waals surface area contributed by atoms with E-state index in [-0.39, 0.29) is 5.91 Å². The zero-order chi connectivity index (χ0) is 16.9. The van der Waals surface area contributed by atoms with Crippen LogP contribution in [0.2, 0.25) is 0 Å². The van der Waals surface area contributed by atoms with Crippen LogP contribution in [0.25, 0.3) is 10.9 Å². The molecule has 2 N–H and O–H groups in total. The van der Waals surface area contributed by atoms with Gasteiger partial charge in [-0.15, -0.1) is 0 Å². The Hall–Kier alpha value is -2.85. The number of hydrogen-bond acceptors (Lipinski definition) is 2. The molecule has 2 heterocycles. The number of benzene rings is 2. The predicted octanol–water partition coefficient (Wildman–Crippen LogP) is 3.33. The molecular formula is C20H18N2O2. The number of rotatable bonds is 3. The molecule has 0 bridgehead atoms. The first-order valence-electron chi connectivity index (χ1n) is 7.88. The van der Waals surface area contributed by atoms with Gasteiger partial charge < -0.3 is 15.0 Å². The minimum atomic E-state index is -1.69. The summed E-state index contributed by atoms with van der Waals surface area (Å²) in [4.78, 5) is 17.9. The fraction of sp³-hybridized carbons (Fsp3) is 0.150. The molecule has 0 spiro atoms. The van der Waals surface area contributed by atoms with Gasteiger partial charge in [-0.2, -0.15) is 0 Å². The lowest BCUT2D eigenvalue weighted by molar-refractivity contribution is -0.132. The van der Waals surface area contributed by atoms with E-state index in [0.717, 1.165) is 22.2 Å². The van der Waals surface area contributed by atoms with E-state index in [2.05, 4.69) is 11.6 Å². The number of amides is 1. The minimum absolute atomic E-state index is 0.337. The first-order chi connectivity index (χ1) is 11.5. The standard InChI is InChI=1S/C20H18N2O2/c1-13(2)12-22-18-10-6-4-8-15(18)20(24,19(22)23)16-11-21-17-9-5-3-7-14(16)17/h3-11,21,24H,1,12H2,2H3/t20-/m1/s1. The number of nitrogens with zero attached hydrogens (tertiary/aromatic N) is 1. The van der Waals surface area contributed by atoms with Gasteiger partial charge in [0.1, 0.15) is 0 Å². The van der Waals surface area contributed by atoms with Crippen LogP contribution < -0.4 is 4.90 Å². The molecule has 120 valence electrons. The van der Waals surface area contributed by atoms with E-state index in [1.165, 1.54) is 0 Å². The summed E-state index contributed by atoms with van der Waals surface area (Å²) < 4.78 is 0. The average Bonchev–Trinajstić information content (AvgIpc) is 3.10. The average molecular weight is 318 g/mol. The molecule has 0 aliphatic carbocycles. The summed E-state index contributed by atoms with van der Waals surface area (Å²) in [5.41, 5.74) is 2.00. The van der Waals surface area contributed by atoms with Crippen LogP contribution >= 0.6 is 0 Å². The van der Waals surface area contributed by atoms with Crippen LogP contribution in [0.15, 0.2) is 66.9 Å². The summed E-state index contributed by atoms with van der Waals surface area (Å²) in [6.07, 6.45) is 1.73. The maximum absolute atomic E-state index is 13.2. The van der Waals surface area contributed by atoms with Gasteiger partial charge in [0.25, 0.3) is 5.91 Å². The zero-order valence-corrected chi connectivity index (χ0v) is 13.4. The number of fused-ring (bicyclic) bond motifs is 2. The molecule has 0 unspecified atom stereocenters. The summed E-state index contributed by atoms with van der Waals surface area (Å²) in [6.45, 7) is 6.17. The highest BCUT2D eigenvalue weighted by molar-refractivity contribution is 6.11. The summed E-state index contributed by atoms with van der Waals surface area (Å²) >= 11 is 0. The molecule has 3 aromatic rings. The van der Waals surface area contributed by atoms with Gasteiger partial charge in [0.05, 0.1) is 5.69 Å². The Morgan fingerprint density at radius 2 is 1.88 bits per heavy atom. The van der Waals surface area contributed by atoms with Crippen LogP contribution in [0.4, 0.5) is 5.69 Å². The zero-order valence-electron chi connectivity index (χ0n) is 13.4. The molecular weight excluding hydrogens is 300 g/mol. The molecule has 0 saturated heterocycles. The van der Waals surface area contributed by atoms with Gasteiger partial charge in [-0.1, -0.05) is 48.6 Å². The van der Waals surface area contributed by atoms with Gasteiger partial charge in [0.2, 0.25) is 0 Å². The van der Waals surface area contributed by atoms with Gasteiger partial charge in [-0.3, -0.25) is 4.79 Å². The van der Waals surface area contributed by atoms with Gasteiger partial charge >= 0.3 is 0 Å².